The van der Waals surface area contributed by atoms with Gasteiger partial charge in [-0.25, -0.2) is 0 Å². The van der Waals surface area contributed by atoms with Gasteiger partial charge < -0.3 is 26.0 Å². The Hall–Kier alpha value is -4.76. The number of alkyl halides is 5. The molecule has 0 unspecified atom stereocenters. The molecule has 4 N–H and O–H groups in total. The van der Waals surface area contributed by atoms with Crippen LogP contribution in [-0.2, 0) is 35.8 Å². The lowest BCUT2D eigenvalue weighted by atomic mass is 9.93. The van der Waals surface area contributed by atoms with E-state index in [4.69, 9.17) is 27.9 Å². The maximum Gasteiger partial charge on any atom is 0.405 e. The van der Waals surface area contributed by atoms with E-state index in [0.717, 1.165) is 5.32 Å². The summed E-state index contributed by atoms with van der Waals surface area (Å²) in [4.78, 5) is 67.0. The molecule has 3 aromatic carbocycles. The summed E-state index contributed by atoms with van der Waals surface area (Å²) in [5, 5.41) is 9.23. The minimum Gasteiger partial charge on any atom is -0.497 e. The molecule has 3 aromatic rings. The van der Waals surface area contributed by atoms with Crippen molar-refractivity contribution in [1.29, 1.82) is 0 Å². The van der Waals surface area contributed by atoms with Crippen LogP contribution >= 0.6 is 23.2 Å². The van der Waals surface area contributed by atoms with Crippen molar-refractivity contribution in [3.63, 3.8) is 0 Å². The van der Waals surface area contributed by atoms with E-state index in [1.807, 2.05) is 0 Å². The number of amides is 4. The van der Waals surface area contributed by atoms with Crippen LogP contribution in [0.15, 0.2) is 72.8 Å². The summed E-state index contributed by atoms with van der Waals surface area (Å²) in [5.41, 5.74) is 0.292. The van der Waals surface area contributed by atoms with Crippen LogP contribution in [0, 0.1) is 5.92 Å². The van der Waals surface area contributed by atoms with E-state index in [-0.39, 0.29) is 12.0 Å². The van der Waals surface area contributed by atoms with Crippen LogP contribution in [0.2, 0.25) is 10.0 Å². The maximum atomic E-state index is 15.0. The predicted octanol–water partition coefficient (Wildman–Crippen LogP) is 5.64. The van der Waals surface area contributed by atoms with Crippen molar-refractivity contribution in [3.8, 4) is 5.75 Å². The Kier molecular flexibility index (Phi) is 13.3. The lowest BCUT2D eigenvalue weighted by Gasteiger charge is -2.29. The zero-order valence-electron chi connectivity index (χ0n) is 29.2. The molecule has 54 heavy (non-hydrogen) atoms. The normalized spacial score (nSPS) is 15.3. The molecule has 0 spiro atoms. The lowest BCUT2D eigenvalue weighted by Crippen LogP contribution is -2.59. The van der Waals surface area contributed by atoms with Gasteiger partial charge in [0.25, 0.3) is 5.91 Å². The van der Waals surface area contributed by atoms with Gasteiger partial charge in [0.2, 0.25) is 23.5 Å². The van der Waals surface area contributed by atoms with Crippen molar-refractivity contribution >= 4 is 52.6 Å². The number of methoxy groups -OCH3 is 1. The highest BCUT2D eigenvalue weighted by Crippen LogP contribution is 2.49. The fourth-order valence-corrected chi connectivity index (χ4v) is 6.08. The largest absolute Gasteiger partial charge is 0.497 e. The number of Topliss-reactive ketones (excluding diaryl/α,β-unsaturated/α-hetero) is 1. The molecule has 1 aliphatic carbocycles. The number of carbonyl (C=O) groups is 5. The Bertz CT molecular complexity index is 1870. The number of hydrogen-bond donors (Lipinski definition) is 4. The Balaban J connectivity index is 1.65. The van der Waals surface area contributed by atoms with E-state index in [1.54, 1.807) is 48.5 Å². The van der Waals surface area contributed by atoms with E-state index in [9.17, 15) is 45.9 Å². The molecule has 0 bridgehead atoms. The van der Waals surface area contributed by atoms with Crippen LogP contribution in [-0.4, -0.2) is 67.2 Å². The van der Waals surface area contributed by atoms with Crippen LogP contribution in [0.25, 0.3) is 0 Å². The SMILES string of the molecule is COc1ccc([C@H](NC(=O)[C@H](Cc2cccc(Cl)c2)NC(=O)C2(c3cccc(Cl)c3)CC2)C(=O)N[C@H](C(=O)C(F)(F)C(=O)NCC(F)(F)F)C(C)C)cc1. The predicted molar refractivity (Wildman–Crippen MR) is 189 cm³/mol. The number of hydrogen-bond acceptors (Lipinski definition) is 6. The average Bonchev–Trinajstić information content (AvgIpc) is 3.93. The van der Waals surface area contributed by atoms with Crippen LogP contribution in [0.3, 0.4) is 0 Å². The quantitative estimate of drug-likeness (QED) is 0.109. The molecule has 0 heterocycles. The molecule has 17 heteroatoms. The second-order valence-electron chi connectivity index (χ2n) is 13.1. The van der Waals surface area contributed by atoms with Gasteiger partial charge in [0.05, 0.1) is 18.6 Å². The third kappa shape index (κ3) is 10.5. The van der Waals surface area contributed by atoms with Crippen LogP contribution < -0.4 is 26.0 Å². The van der Waals surface area contributed by atoms with Gasteiger partial charge in [-0.15, -0.1) is 0 Å². The summed E-state index contributed by atoms with van der Waals surface area (Å²) >= 11 is 12.4. The number of halogens is 7. The summed E-state index contributed by atoms with van der Waals surface area (Å²) < 4.78 is 72.9. The molecule has 0 aromatic heterocycles. The number of carbonyl (C=O) groups excluding carboxylic acids is 5. The zero-order chi connectivity index (χ0) is 40.0. The van der Waals surface area contributed by atoms with Gasteiger partial charge in [0, 0.05) is 16.5 Å². The molecule has 4 rings (SSSR count). The fourth-order valence-electron chi connectivity index (χ4n) is 5.67. The Morgan fingerprint density at radius 1 is 0.815 bits per heavy atom. The highest BCUT2D eigenvalue weighted by molar-refractivity contribution is 6.31. The van der Waals surface area contributed by atoms with Crippen molar-refractivity contribution in [2.75, 3.05) is 13.7 Å². The third-order valence-electron chi connectivity index (χ3n) is 8.80. The molecule has 290 valence electrons. The van der Waals surface area contributed by atoms with E-state index in [1.165, 1.54) is 45.2 Å². The van der Waals surface area contributed by atoms with E-state index >= 15 is 0 Å². The molecule has 0 aliphatic heterocycles. The molecule has 10 nitrogen and oxygen atoms in total. The van der Waals surface area contributed by atoms with E-state index < -0.39 is 77.5 Å². The average molecular weight is 800 g/mol. The number of benzene rings is 3. The van der Waals surface area contributed by atoms with Crippen molar-refractivity contribution in [1.82, 2.24) is 21.3 Å². The van der Waals surface area contributed by atoms with Gasteiger partial charge in [0.1, 0.15) is 24.4 Å². The topological polar surface area (TPSA) is 143 Å². The third-order valence-corrected chi connectivity index (χ3v) is 9.27. The molecular formula is C37H37Cl2F5N4O6. The van der Waals surface area contributed by atoms with Crippen molar-refractivity contribution in [2.24, 2.45) is 5.92 Å². The Labute approximate surface area is 317 Å². The summed E-state index contributed by atoms with van der Waals surface area (Å²) in [7, 11) is 1.38. The van der Waals surface area contributed by atoms with Gasteiger partial charge in [-0.05, 0) is 71.8 Å². The smallest absolute Gasteiger partial charge is 0.405 e. The van der Waals surface area contributed by atoms with E-state index in [0.29, 0.717) is 39.8 Å². The first-order valence-electron chi connectivity index (χ1n) is 16.6. The first-order valence-corrected chi connectivity index (χ1v) is 17.4. The summed E-state index contributed by atoms with van der Waals surface area (Å²) in [6.45, 7) is 0.404. The number of rotatable bonds is 16. The Morgan fingerprint density at radius 2 is 1.43 bits per heavy atom. The van der Waals surface area contributed by atoms with E-state index in [2.05, 4.69) is 16.0 Å². The molecule has 0 saturated heterocycles. The summed E-state index contributed by atoms with van der Waals surface area (Å²) in [5.74, 6) is -13.0. The monoisotopic (exact) mass is 798 g/mol. The van der Waals surface area contributed by atoms with Gasteiger partial charge in [-0.1, -0.05) is 73.4 Å². The van der Waals surface area contributed by atoms with Crippen LogP contribution in [0.1, 0.15) is 49.4 Å². The zero-order valence-corrected chi connectivity index (χ0v) is 30.7. The molecule has 1 aliphatic rings. The summed E-state index contributed by atoms with van der Waals surface area (Å²) in [6, 6.07) is 13.8. The van der Waals surface area contributed by atoms with Gasteiger partial charge >= 0.3 is 12.1 Å². The minimum absolute atomic E-state index is 0.0942. The molecule has 3 atom stereocenters. The van der Waals surface area contributed by atoms with Crippen LogP contribution in [0.5, 0.6) is 5.75 Å². The van der Waals surface area contributed by atoms with Crippen molar-refractivity contribution < 1.29 is 50.7 Å². The molecule has 1 fully saturated rings. The van der Waals surface area contributed by atoms with Crippen LogP contribution in [0.4, 0.5) is 22.0 Å². The lowest BCUT2D eigenvalue weighted by molar-refractivity contribution is -0.165. The number of ether oxygens (including phenoxy) is 1. The minimum atomic E-state index is -5.04. The molecule has 1 saturated carbocycles. The maximum absolute atomic E-state index is 15.0. The molecule has 0 radical (unpaired) electrons. The standard InChI is InChI=1S/C37H37Cl2F5N4O6/c1-20(2)28(30(49)37(43,44)34(53)45-19-36(40,41)42)47-32(51)29(22-10-12-26(54-3)13-11-22)48-31(50)27(17-21-6-4-8-24(38)16-21)46-33(52)35(14-15-35)23-7-5-9-25(39)18-23/h4-13,16,18,20,27-29H,14-15,17,19H2,1-3H3,(H,45,53)(H,46,52)(H,47,51)(H,48,50)/t27-,28-,29-/m0/s1. The Morgan fingerprint density at radius 3 is 1.96 bits per heavy atom. The first kappa shape index (κ1) is 42.0. The fraction of sp³-hybridized carbons (Fsp3) is 0.378. The number of ketones is 1. The van der Waals surface area contributed by atoms with Crippen molar-refractivity contribution in [2.45, 2.75) is 68.7 Å². The summed E-state index contributed by atoms with van der Waals surface area (Å²) in [6.07, 6.45) is -4.22. The second-order valence-corrected chi connectivity index (χ2v) is 14.0. The highest BCUT2D eigenvalue weighted by Gasteiger charge is 2.53. The van der Waals surface area contributed by atoms with Crippen molar-refractivity contribution in [3.05, 3.63) is 99.5 Å². The van der Waals surface area contributed by atoms with Gasteiger partial charge in [0.15, 0.2) is 0 Å². The van der Waals surface area contributed by atoms with Gasteiger partial charge in [-0.2, -0.15) is 22.0 Å². The first-order chi connectivity index (χ1) is 25.3. The molecular weight excluding hydrogens is 762 g/mol. The van der Waals surface area contributed by atoms with Gasteiger partial charge in [-0.3, -0.25) is 24.0 Å². The molecule has 4 amide bonds. The number of nitrogens with one attached hydrogen (secondary N) is 4. The highest BCUT2D eigenvalue weighted by atomic mass is 35.5. The second kappa shape index (κ2) is 17.1.